The second-order valence-electron chi connectivity index (χ2n) is 1.63. The predicted molar refractivity (Wildman–Crippen MR) is 40.4 cm³/mol. The Hall–Kier alpha value is -1.34. The van der Waals surface area contributed by atoms with Crippen molar-refractivity contribution in [3.63, 3.8) is 0 Å². The fourth-order valence-corrected chi connectivity index (χ4v) is 1.24. The summed E-state index contributed by atoms with van der Waals surface area (Å²) in [5, 5.41) is 0.414. The number of nitrogen functional groups attached to an aromatic ring is 1. The highest BCUT2D eigenvalue weighted by atomic mass is 32.1. The lowest BCUT2D eigenvalue weighted by atomic mass is 10.4. The van der Waals surface area contributed by atoms with Crippen LogP contribution in [0.2, 0.25) is 0 Å². The van der Waals surface area contributed by atoms with Gasteiger partial charge in [-0.15, -0.1) is 11.3 Å². The lowest BCUT2D eigenvalue weighted by molar-refractivity contribution is 0.112. The van der Waals surface area contributed by atoms with Crippen LogP contribution in [0.5, 0.6) is 0 Å². The highest BCUT2D eigenvalue weighted by Gasteiger charge is 2.03. The van der Waals surface area contributed by atoms with E-state index < -0.39 is 0 Å². The minimum Gasteiger partial charge on any atom is -0.399 e. The molecule has 0 bridgehead atoms. The Morgan fingerprint density at radius 3 is 2.80 bits per heavy atom. The number of nitrogens with two attached hydrogens (primary N) is 1. The largest absolute Gasteiger partial charge is 0.399 e. The van der Waals surface area contributed by atoms with Crippen molar-refractivity contribution in [2.45, 2.75) is 0 Å². The van der Waals surface area contributed by atoms with Crippen molar-refractivity contribution in [1.82, 2.24) is 0 Å². The number of carbonyl (C=O) groups is 1. The van der Waals surface area contributed by atoms with Crippen LogP contribution in [-0.4, -0.2) is 6.29 Å². The zero-order chi connectivity index (χ0) is 7.56. The molecule has 10 heavy (non-hydrogen) atoms. The van der Waals surface area contributed by atoms with E-state index in [1.807, 2.05) is 0 Å². The molecule has 0 spiro atoms. The van der Waals surface area contributed by atoms with E-state index in [1.54, 1.807) is 0 Å². The summed E-state index contributed by atoms with van der Waals surface area (Å²) in [6, 6.07) is 1.49. The van der Waals surface area contributed by atoms with Gasteiger partial charge in [-0.05, 0) is 6.07 Å². The molecular formula is C6H4N2OS. The smallest absolute Gasteiger partial charge is 0.220 e. The average Bonchev–Trinajstić information content (AvgIpc) is 2.30. The quantitative estimate of drug-likeness (QED) is 0.491. The molecule has 0 aliphatic carbocycles. The van der Waals surface area contributed by atoms with Gasteiger partial charge in [-0.1, -0.05) is 0 Å². The first-order chi connectivity index (χ1) is 4.77. The topological polar surface area (TPSA) is 47.5 Å². The van der Waals surface area contributed by atoms with E-state index in [1.165, 1.54) is 6.07 Å². The van der Waals surface area contributed by atoms with Crippen LogP contribution in [0.4, 0.5) is 10.7 Å². The third-order valence-electron chi connectivity index (χ3n) is 0.996. The molecule has 1 aromatic heterocycles. The van der Waals surface area contributed by atoms with Crippen molar-refractivity contribution in [1.29, 1.82) is 0 Å². The lowest BCUT2D eigenvalue weighted by Crippen LogP contribution is -1.74. The Kier molecular flexibility index (Phi) is 1.69. The van der Waals surface area contributed by atoms with Crippen LogP contribution in [-0.2, 0) is 0 Å². The zero-order valence-corrected chi connectivity index (χ0v) is 5.81. The molecule has 50 valence electrons. The molecule has 0 fully saturated rings. The molecule has 0 saturated carbocycles. The highest BCUT2D eigenvalue weighted by Crippen LogP contribution is 2.30. The first-order valence-corrected chi connectivity index (χ1v) is 3.31. The number of hydrogen-bond acceptors (Lipinski definition) is 3. The van der Waals surface area contributed by atoms with Crippen molar-refractivity contribution < 1.29 is 4.79 Å². The van der Waals surface area contributed by atoms with Gasteiger partial charge in [0, 0.05) is 0 Å². The molecule has 0 radical (unpaired) electrons. The molecule has 0 aromatic carbocycles. The highest BCUT2D eigenvalue weighted by molar-refractivity contribution is 7.18. The molecular weight excluding hydrogens is 148 g/mol. The van der Waals surface area contributed by atoms with Crippen LogP contribution in [0.3, 0.4) is 0 Å². The summed E-state index contributed by atoms with van der Waals surface area (Å²) in [5.41, 5.74) is 5.74. The third-order valence-corrected chi connectivity index (χ3v) is 1.87. The maximum atomic E-state index is 10.1. The summed E-state index contributed by atoms with van der Waals surface area (Å²) < 4.78 is 0. The maximum Gasteiger partial charge on any atom is 0.220 e. The van der Waals surface area contributed by atoms with Crippen LogP contribution in [0.15, 0.2) is 6.07 Å². The van der Waals surface area contributed by atoms with Gasteiger partial charge < -0.3 is 5.73 Å². The molecule has 0 amide bonds. The van der Waals surface area contributed by atoms with Gasteiger partial charge in [-0.2, -0.15) is 0 Å². The second kappa shape index (κ2) is 2.50. The molecule has 0 unspecified atom stereocenters. The lowest BCUT2D eigenvalue weighted by Gasteiger charge is -1.78. The molecule has 0 atom stereocenters. The summed E-state index contributed by atoms with van der Waals surface area (Å²) in [7, 11) is 0. The standard InChI is InChI=1S/C6H4N2OS/c1-8-5-2-4(3-9)10-6(5)7/h2-3H,7H2. The van der Waals surface area contributed by atoms with E-state index >= 15 is 0 Å². The summed E-state index contributed by atoms with van der Waals surface area (Å²) in [5.74, 6) is 0. The monoisotopic (exact) mass is 152 g/mol. The fourth-order valence-electron chi connectivity index (χ4n) is 0.560. The van der Waals surface area contributed by atoms with Gasteiger partial charge in [0.1, 0.15) is 0 Å². The number of carbonyl (C=O) groups excluding carboxylic acids is 1. The Bertz CT molecular complexity index is 297. The van der Waals surface area contributed by atoms with Gasteiger partial charge >= 0.3 is 0 Å². The fraction of sp³-hybridized carbons (Fsp3) is 0. The Balaban J connectivity index is 3.19. The van der Waals surface area contributed by atoms with Gasteiger partial charge in [0.25, 0.3) is 0 Å². The third kappa shape index (κ3) is 0.993. The molecule has 3 nitrogen and oxygen atoms in total. The Labute approximate surface area is 61.9 Å². The minimum atomic E-state index is 0.368. The van der Waals surface area contributed by atoms with Crippen molar-refractivity contribution in [3.8, 4) is 0 Å². The van der Waals surface area contributed by atoms with Crippen LogP contribution >= 0.6 is 11.3 Å². The molecule has 2 N–H and O–H groups in total. The van der Waals surface area contributed by atoms with Gasteiger partial charge in [-0.3, -0.25) is 4.79 Å². The molecule has 1 rings (SSSR count). The van der Waals surface area contributed by atoms with Crippen LogP contribution < -0.4 is 5.73 Å². The van der Waals surface area contributed by atoms with Crippen LogP contribution in [0, 0.1) is 6.57 Å². The molecule has 0 aliphatic heterocycles. The number of hydrogen-bond donors (Lipinski definition) is 1. The number of rotatable bonds is 1. The number of nitrogens with zero attached hydrogens (tertiary/aromatic N) is 1. The summed E-state index contributed by atoms with van der Waals surface area (Å²) in [6.07, 6.45) is 0.690. The van der Waals surface area contributed by atoms with Gasteiger partial charge in [0.05, 0.1) is 16.5 Å². The van der Waals surface area contributed by atoms with Gasteiger partial charge in [0.15, 0.2) is 6.29 Å². The van der Waals surface area contributed by atoms with E-state index in [4.69, 9.17) is 12.3 Å². The van der Waals surface area contributed by atoms with E-state index in [9.17, 15) is 4.79 Å². The molecule has 0 saturated heterocycles. The minimum absolute atomic E-state index is 0.368. The Morgan fingerprint density at radius 1 is 1.80 bits per heavy atom. The summed E-state index contributed by atoms with van der Waals surface area (Å²) in [4.78, 5) is 13.8. The number of anilines is 1. The van der Waals surface area contributed by atoms with Crippen molar-refractivity contribution in [2.75, 3.05) is 5.73 Å². The molecule has 4 heteroatoms. The van der Waals surface area contributed by atoms with Crippen molar-refractivity contribution in [2.24, 2.45) is 0 Å². The van der Waals surface area contributed by atoms with E-state index in [2.05, 4.69) is 4.85 Å². The van der Waals surface area contributed by atoms with Gasteiger partial charge in [0.2, 0.25) is 5.69 Å². The number of thiophene rings is 1. The first kappa shape index (κ1) is 6.78. The number of aldehydes is 1. The van der Waals surface area contributed by atoms with E-state index in [0.29, 0.717) is 21.9 Å². The Morgan fingerprint density at radius 2 is 2.50 bits per heavy atom. The maximum absolute atomic E-state index is 10.1. The van der Waals surface area contributed by atoms with Crippen molar-refractivity contribution >= 4 is 28.3 Å². The normalized spacial score (nSPS) is 8.70. The van der Waals surface area contributed by atoms with E-state index in [0.717, 1.165) is 11.3 Å². The summed E-state index contributed by atoms with van der Waals surface area (Å²) in [6.45, 7) is 6.61. The predicted octanol–water partition coefficient (Wildman–Crippen LogP) is 1.69. The second-order valence-corrected chi connectivity index (χ2v) is 2.74. The zero-order valence-electron chi connectivity index (χ0n) is 5.00. The van der Waals surface area contributed by atoms with Crippen LogP contribution in [0.25, 0.3) is 4.85 Å². The van der Waals surface area contributed by atoms with Crippen molar-refractivity contribution in [3.05, 3.63) is 22.4 Å². The average molecular weight is 152 g/mol. The van der Waals surface area contributed by atoms with E-state index in [-0.39, 0.29) is 0 Å². The molecule has 0 aliphatic rings. The molecule has 1 heterocycles. The van der Waals surface area contributed by atoms with Gasteiger partial charge in [-0.25, -0.2) is 4.85 Å². The van der Waals surface area contributed by atoms with Crippen LogP contribution in [0.1, 0.15) is 9.67 Å². The SMILES string of the molecule is [C-]#[N+]c1cc(C=O)sc1N. The first-order valence-electron chi connectivity index (χ1n) is 2.50. The molecule has 1 aromatic rings. The summed E-state index contributed by atoms with van der Waals surface area (Å²) >= 11 is 1.13.